The molecule has 5 nitrogen and oxygen atoms in total. The van der Waals surface area contributed by atoms with Crippen molar-refractivity contribution in [3.63, 3.8) is 0 Å². The first-order chi connectivity index (χ1) is 13.2. The van der Waals surface area contributed by atoms with Gasteiger partial charge in [0.1, 0.15) is 9.35 Å². The Labute approximate surface area is 172 Å². The summed E-state index contributed by atoms with van der Waals surface area (Å²) in [7, 11) is 0. The van der Waals surface area contributed by atoms with Gasteiger partial charge in [0.2, 0.25) is 5.13 Å². The average Bonchev–Trinajstić information content (AvgIpc) is 3.42. The Bertz CT molecular complexity index is 1040. The number of carbonyl (C=O) groups excluding carboxylic acids is 1. The number of amides is 1. The lowest BCUT2D eigenvalue weighted by Crippen LogP contribution is -2.11. The van der Waals surface area contributed by atoms with E-state index in [0.717, 1.165) is 31.9 Å². The van der Waals surface area contributed by atoms with Gasteiger partial charge >= 0.3 is 0 Å². The molecule has 0 saturated carbocycles. The molecule has 4 rings (SSSR count). The van der Waals surface area contributed by atoms with Crippen molar-refractivity contribution < 1.29 is 4.79 Å². The lowest BCUT2D eigenvalue weighted by Gasteiger charge is -2.03. The Morgan fingerprint density at radius 3 is 2.70 bits per heavy atom. The van der Waals surface area contributed by atoms with Gasteiger partial charge in [0.05, 0.1) is 0 Å². The molecule has 4 aromatic rings. The molecule has 0 aliphatic carbocycles. The lowest BCUT2D eigenvalue weighted by molar-refractivity contribution is 0.102. The van der Waals surface area contributed by atoms with E-state index in [1.807, 2.05) is 53.4 Å². The summed E-state index contributed by atoms with van der Waals surface area (Å²) in [5.74, 6) is 0.646. The van der Waals surface area contributed by atoms with Gasteiger partial charge in [-0.2, -0.15) is 11.3 Å². The highest BCUT2D eigenvalue weighted by Gasteiger charge is 2.12. The van der Waals surface area contributed by atoms with Crippen molar-refractivity contribution >= 4 is 56.8 Å². The topological polar surface area (TPSA) is 67.8 Å². The second-order valence-corrected chi connectivity index (χ2v) is 9.46. The van der Waals surface area contributed by atoms with Gasteiger partial charge < -0.3 is 0 Å². The highest BCUT2D eigenvalue weighted by atomic mass is 32.2. The van der Waals surface area contributed by atoms with Crippen molar-refractivity contribution in [1.82, 2.24) is 15.2 Å². The third kappa shape index (κ3) is 4.62. The summed E-state index contributed by atoms with van der Waals surface area (Å²) in [4.78, 5) is 16.9. The first kappa shape index (κ1) is 18.3. The molecule has 27 heavy (non-hydrogen) atoms. The fourth-order valence-electron chi connectivity index (χ4n) is 2.24. The molecule has 0 atom stereocenters. The van der Waals surface area contributed by atoms with E-state index >= 15 is 0 Å². The van der Waals surface area contributed by atoms with Crippen LogP contribution in [0, 0.1) is 6.92 Å². The van der Waals surface area contributed by atoms with E-state index in [4.69, 9.17) is 0 Å². The van der Waals surface area contributed by atoms with Gasteiger partial charge in [0, 0.05) is 33.3 Å². The van der Waals surface area contributed by atoms with Crippen LogP contribution >= 0.6 is 45.8 Å². The van der Waals surface area contributed by atoms with Gasteiger partial charge in [-0.3, -0.25) is 10.1 Å². The van der Waals surface area contributed by atoms with E-state index < -0.39 is 0 Å². The number of thioether (sulfide) groups is 1. The average molecular weight is 431 g/mol. The van der Waals surface area contributed by atoms with E-state index in [0.29, 0.717) is 10.7 Å². The van der Waals surface area contributed by atoms with Gasteiger partial charge in [0.25, 0.3) is 5.91 Å². The summed E-state index contributed by atoms with van der Waals surface area (Å²) in [5, 5.41) is 18.3. The second kappa shape index (κ2) is 8.30. The summed E-state index contributed by atoms with van der Waals surface area (Å²) in [6.07, 6.45) is 0. The van der Waals surface area contributed by atoms with Crippen molar-refractivity contribution in [2.75, 3.05) is 5.32 Å². The van der Waals surface area contributed by atoms with E-state index in [1.54, 1.807) is 34.4 Å². The predicted octanol–water partition coefficient (Wildman–Crippen LogP) is 5.58. The molecule has 0 spiro atoms. The maximum absolute atomic E-state index is 12.4. The molecule has 0 aliphatic rings. The number of thiazole rings is 1. The molecule has 0 radical (unpaired) electrons. The molecule has 136 valence electrons. The van der Waals surface area contributed by atoms with E-state index in [2.05, 4.69) is 20.5 Å². The van der Waals surface area contributed by atoms with Crippen LogP contribution in [0.5, 0.6) is 0 Å². The quantitative estimate of drug-likeness (QED) is 0.405. The first-order valence-electron chi connectivity index (χ1n) is 7.99. The highest BCUT2D eigenvalue weighted by molar-refractivity contribution is 8.00. The Morgan fingerprint density at radius 1 is 1.15 bits per heavy atom. The number of nitrogens with zero attached hydrogens (tertiary/aromatic N) is 3. The number of aromatic nitrogens is 3. The zero-order valence-corrected chi connectivity index (χ0v) is 17.5. The molecule has 3 heterocycles. The molecule has 1 aromatic carbocycles. The summed E-state index contributed by atoms with van der Waals surface area (Å²) in [6, 6.07) is 9.59. The smallest absolute Gasteiger partial charge is 0.257 e. The number of hydrogen-bond acceptors (Lipinski definition) is 8. The summed E-state index contributed by atoms with van der Waals surface area (Å²) >= 11 is 6.33. The number of benzene rings is 1. The van der Waals surface area contributed by atoms with Crippen LogP contribution in [0.2, 0.25) is 0 Å². The third-order valence-electron chi connectivity index (χ3n) is 3.59. The predicted molar refractivity (Wildman–Crippen MR) is 114 cm³/mol. The van der Waals surface area contributed by atoms with Crippen molar-refractivity contribution in [1.29, 1.82) is 0 Å². The number of carbonyl (C=O) groups is 1. The Morgan fingerprint density at radius 2 is 2.00 bits per heavy atom. The van der Waals surface area contributed by atoms with Crippen LogP contribution in [0.25, 0.3) is 10.6 Å². The van der Waals surface area contributed by atoms with Crippen molar-refractivity contribution in [2.45, 2.75) is 17.0 Å². The molecule has 0 aliphatic heterocycles. The number of rotatable bonds is 6. The van der Waals surface area contributed by atoms with Crippen LogP contribution in [-0.2, 0) is 5.75 Å². The maximum atomic E-state index is 12.4. The monoisotopic (exact) mass is 430 g/mol. The Balaban J connectivity index is 1.36. The number of anilines is 1. The van der Waals surface area contributed by atoms with Gasteiger partial charge in [-0.15, -0.1) is 21.5 Å². The Kier molecular flexibility index (Phi) is 5.63. The van der Waals surface area contributed by atoms with Crippen LogP contribution < -0.4 is 5.32 Å². The molecule has 0 fully saturated rings. The van der Waals surface area contributed by atoms with E-state index in [-0.39, 0.29) is 5.91 Å². The molecule has 3 aromatic heterocycles. The van der Waals surface area contributed by atoms with Crippen LogP contribution in [-0.4, -0.2) is 21.1 Å². The molecular weight excluding hydrogens is 416 g/mol. The van der Waals surface area contributed by atoms with Crippen molar-refractivity contribution in [3.05, 3.63) is 63.3 Å². The summed E-state index contributed by atoms with van der Waals surface area (Å²) < 4.78 is 1.06. The maximum Gasteiger partial charge on any atom is 0.257 e. The first-order valence-corrected chi connectivity index (χ1v) is 11.6. The number of nitrogens with one attached hydrogen (secondary N) is 1. The van der Waals surface area contributed by atoms with Crippen LogP contribution in [0.4, 0.5) is 5.13 Å². The van der Waals surface area contributed by atoms with Gasteiger partial charge in [-0.25, -0.2) is 4.98 Å². The lowest BCUT2D eigenvalue weighted by atomic mass is 10.1. The molecule has 0 saturated heterocycles. The SMILES string of the molecule is Cc1csc(SCc2ccc(C(=O)Nc3nnc(-c4ccsc4)s3)cc2)n1. The minimum atomic E-state index is -0.183. The summed E-state index contributed by atoms with van der Waals surface area (Å²) in [6.45, 7) is 2.00. The zero-order valence-electron chi connectivity index (χ0n) is 14.2. The summed E-state index contributed by atoms with van der Waals surface area (Å²) in [5.41, 5.74) is 3.82. The number of aryl methyl sites for hydroxylation is 1. The molecular formula is C18H14N4OS4. The minimum Gasteiger partial charge on any atom is -0.296 e. The van der Waals surface area contributed by atoms with Crippen LogP contribution in [0.3, 0.4) is 0 Å². The van der Waals surface area contributed by atoms with Gasteiger partial charge in [-0.1, -0.05) is 35.2 Å². The minimum absolute atomic E-state index is 0.183. The number of thiophene rings is 1. The molecule has 1 amide bonds. The molecule has 0 unspecified atom stereocenters. The fraction of sp³-hybridized carbons (Fsp3) is 0.111. The molecule has 9 heteroatoms. The van der Waals surface area contributed by atoms with Crippen LogP contribution in [0.1, 0.15) is 21.6 Å². The third-order valence-corrected chi connectivity index (χ3v) is 7.37. The fourth-order valence-corrected chi connectivity index (χ4v) is 5.50. The molecule has 0 bridgehead atoms. The van der Waals surface area contributed by atoms with Gasteiger partial charge in [-0.05, 0) is 36.1 Å². The van der Waals surface area contributed by atoms with E-state index in [9.17, 15) is 4.79 Å². The zero-order chi connectivity index (χ0) is 18.6. The normalized spacial score (nSPS) is 10.9. The van der Waals surface area contributed by atoms with Crippen molar-refractivity contribution in [3.8, 4) is 10.6 Å². The van der Waals surface area contributed by atoms with E-state index in [1.165, 1.54) is 11.3 Å². The van der Waals surface area contributed by atoms with Crippen LogP contribution in [0.15, 0.2) is 50.8 Å². The van der Waals surface area contributed by atoms with Crippen molar-refractivity contribution in [2.24, 2.45) is 0 Å². The number of hydrogen-bond donors (Lipinski definition) is 1. The molecule has 1 N–H and O–H groups in total. The Hall–Kier alpha value is -2.07. The largest absolute Gasteiger partial charge is 0.296 e. The standard InChI is InChI=1S/C18H14N4OS4/c1-11-8-25-18(19-11)26-9-12-2-4-13(5-3-12)15(23)20-17-22-21-16(27-17)14-6-7-24-10-14/h2-8,10H,9H2,1H3,(H,20,22,23). The van der Waals surface area contributed by atoms with Gasteiger partial charge in [0.15, 0.2) is 0 Å². The second-order valence-electron chi connectivity index (χ2n) is 5.62. The highest BCUT2D eigenvalue weighted by Crippen LogP contribution is 2.28.